The number of rotatable bonds is 3. The van der Waals surface area contributed by atoms with Gasteiger partial charge in [0.2, 0.25) is 0 Å². The van der Waals surface area contributed by atoms with Gasteiger partial charge in [0, 0.05) is 11.4 Å². The van der Waals surface area contributed by atoms with E-state index < -0.39 is 5.60 Å². The van der Waals surface area contributed by atoms with E-state index in [1.165, 1.54) is 10.5 Å². The van der Waals surface area contributed by atoms with Gasteiger partial charge in [-0.05, 0) is 57.2 Å². The summed E-state index contributed by atoms with van der Waals surface area (Å²) in [6.45, 7) is 6.47. The molecule has 0 saturated carbocycles. The Labute approximate surface area is 160 Å². The average molecular weight is 370 g/mol. The second-order valence-electron chi connectivity index (χ2n) is 7.69. The molecule has 1 fully saturated rings. The molecule has 1 heterocycles. The highest BCUT2D eigenvalue weighted by Gasteiger charge is 2.35. The van der Waals surface area contributed by atoms with Crippen LogP contribution in [0.5, 0.6) is 0 Å². The molecule has 1 amide bonds. The highest BCUT2D eigenvalue weighted by molar-refractivity contribution is 7.99. The van der Waals surface area contributed by atoms with Crippen LogP contribution < -0.4 is 0 Å². The Hall–Kier alpha value is -1.94. The quantitative estimate of drug-likeness (QED) is 0.672. The Kier molecular flexibility index (Phi) is 5.92. The van der Waals surface area contributed by atoms with Crippen molar-refractivity contribution >= 4 is 17.9 Å². The second kappa shape index (κ2) is 8.17. The number of nitrogens with zero attached hydrogens (tertiary/aromatic N) is 1. The van der Waals surface area contributed by atoms with Gasteiger partial charge < -0.3 is 4.74 Å². The number of carbonyl (C=O) groups excluding carboxylic acids is 1. The van der Waals surface area contributed by atoms with Gasteiger partial charge >= 0.3 is 6.09 Å². The lowest BCUT2D eigenvalue weighted by Crippen LogP contribution is -2.46. The molecule has 0 aliphatic carbocycles. The highest BCUT2D eigenvalue weighted by Crippen LogP contribution is 2.39. The molecular weight excluding hydrogens is 342 g/mol. The van der Waals surface area contributed by atoms with E-state index >= 15 is 0 Å². The summed E-state index contributed by atoms with van der Waals surface area (Å²) in [5, 5.41) is 0.0752. The molecule has 1 aliphatic heterocycles. The van der Waals surface area contributed by atoms with Crippen LogP contribution in [0.2, 0.25) is 0 Å². The van der Waals surface area contributed by atoms with E-state index in [9.17, 15) is 4.79 Å². The van der Waals surface area contributed by atoms with Crippen molar-refractivity contribution in [3.8, 4) is 0 Å². The van der Waals surface area contributed by atoms with Crippen molar-refractivity contribution in [1.82, 2.24) is 4.90 Å². The summed E-state index contributed by atoms with van der Waals surface area (Å²) in [6, 6.07) is 20.9. The minimum atomic E-state index is -0.477. The lowest BCUT2D eigenvalue weighted by atomic mass is 9.89. The van der Waals surface area contributed by atoms with Crippen LogP contribution in [-0.2, 0) is 4.74 Å². The SMILES string of the molecule is CC(C)(C)OC(=O)N1CC[C@H](c2ccccc2)C[C@@H]1Sc1ccccc1. The fraction of sp³-hybridized carbons (Fsp3) is 0.409. The summed E-state index contributed by atoms with van der Waals surface area (Å²) >= 11 is 1.75. The summed E-state index contributed by atoms with van der Waals surface area (Å²) in [5.74, 6) is 0.469. The van der Waals surface area contributed by atoms with Crippen molar-refractivity contribution in [2.75, 3.05) is 6.54 Å². The monoisotopic (exact) mass is 369 g/mol. The van der Waals surface area contributed by atoms with Gasteiger partial charge in [0.1, 0.15) is 5.60 Å². The molecule has 2 aromatic carbocycles. The van der Waals surface area contributed by atoms with E-state index in [0.717, 1.165) is 19.4 Å². The van der Waals surface area contributed by atoms with Crippen LogP contribution in [0.1, 0.15) is 45.1 Å². The summed E-state index contributed by atoms with van der Waals surface area (Å²) in [5.41, 5.74) is 0.880. The van der Waals surface area contributed by atoms with E-state index in [2.05, 4.69) is 42.5 Å². The van der Waals surface area contributed by atoms with Crippen LogP contribution in [0.25, 0.3) is 0 Å². The van der Waals surface area contributed by atoms with Crippen LogP contribution in [0.3, 0.4) is 0 Å². The largest absolute Gasteiger partial charge is 0.444 e. The third kappa shape index (κ3) is 5.04. The van der Waals surface area contributed by atoms with Gasteiger partial charge in [0.05, 0.1) is 5.37 Å². The third-order valence-electron chi connectivity index (χ3n) is 4.47. The molecule has 0 N–H and O–H groups in total. The van der Waals surface area contributed by atoms with Gasteiger partial charge in [-0.2, -0.15) is 0 Å². The summed E-state index contributed by atoms with van der Waals surface area (Å²) in [4.78, 5) is 15.8. The Balaban J connectivity index is 1.79. The number of amides is 1. The molecule has 4 heteroatoms. The second-order valence-corrected chi connectivity index (χ2v) is 8.94. The van der Waals surface area contributed by atoms with Crippen molar-refractivity contribution in [2.45, 2.75) is 55.4 Å². The topological polar surface area (TPSA) is 29.5 Å². The smallest absolute Gasteiger partial charge is 0.411 e. The number of likely N-dealkylation sites (tertiary alicyclic amines) is 1. The first-order valence-electron chi connectivity index (χ1n) is 9.19. The number of piperidine rings is 1. The molecule has 26 heavy (non-hydrogen) atoms. The lowest BCUT2D eigenvalue weighted by Gasteiger charge is -2.39. The predicted molar refractivity (Wildman–Crippen MR) is 107 cm³/mol. The van der Waals surface area contributed by atoms with Gasteiger partial charge in [-0.25, -0.2) is 4.79 Å². The number of benzene rings is 2. The van der Waals surface area contributed by atoms with Crippen LogP contribution in [0.15, 0.2) is 65.6 Å². The van der Waals surface area contributed by atoms with E-state index in [1.54, 1.807) is 11.8 Å². The van der Waals surface area contributed by atoms with Gasteiger partial charge in [-0.1, -0.05) is 48.5 Å². The van der Waals surface area contributed by atoms with Gasteiger partial charge in [0.25, 0.3) is 0 Å². The Bertz CT molecular complexity index is 712. The molecule has 2 aromatic rings. The third-order valence-corrected chi connectivity index (χ3v) is 5.73. The maximum Gasteiger partial charge on any atom is 0.411 e. The fourth-order valence-corrected chi connectivity index (χ4v) is 4.53. The van der Waals surface area contributed by atoms with Crippen molar-refractivity contribution < 1.29 is 9.53 Å². The van der Waals surface area contributed by atoms with Crippen molar-refractivity contribution in [2.24, 2.45) is 0 Å². The maximum atomic E-state index is 12.7. The predicted octanol–water partition coefficient (Wildman–Crippen LogP) is 5.92. The molecule has 2 atom stereocenters. The standard InChI is InChI=1S/C22H27NO2S/c1-22(2,3)25-21(24)23-15-14-18(17-10-6-4-7-11-17)16-20(23)26-19-12-8-5-9-13-19/h4-13,18,20H,14-16H2,1-3H3/t18-,20-/m0/s1. The van der Waals surface area contributed by atoms with Gasteiger partial charge in [-0.3, -0.25) is 4.90 Å². The fourth-order valence-electron chi connectivity index (χ4n) is 3.25. The zero-order chi connectivity index (χ0) is 18.6. The molecule has 1 aliphatic rings. The van der Waals surface area contributed by atoms with Crippen LogP contribution in [0.4, 0.5) is 4.79 Å². The minimum absolute atomic E-state index is 0.0752. The van der Waals surface area contributed by atoms with Crippen molar-refractivity contribution in [3.05, 3.63) is 66.2 Å². The maximum absolute atomic E-state index is 12.7. The first kappa shape index (κ1) is 18.8. The first-order valence-corrected chi connectivity index (χ1v) is 10.1. The number of thioether (sulfide) groups is 1. The molecule has 0 radical (unpaired) electrons. The first-order chi connectivity index (χ1) is 12.4. The van der Waals surface area contributed by atoms with Crippen LogP contribution >= 0.6 is 11.8 Å². The molecule has 1 saturated heterocycles. The van der Waals surface area contributed by atoms with Crippen LogP contribution in [0, 0.1) is 0 Å². The summed E-state index contributed by atoms with van der Waals surface area (Å²) < 4.78 is 5.66. The Morgan fingerprint density at radius 1 is 1.04 bits per heavy atom. The molecule has 0 aromatic heterocycles. The number of hydrogen-bond acceptors (Lipinski definition) is 3. The zero-order valence-corrected chi connectivity index (χ0v) is 16.5. The number of hydrogen-bond donors (Lipinski definition) is 0. The Morgan fingerprint density at radius 3 is 2.27 bits per heavy atom. The van der Waals surface area contributed by atoms with E-state index in [0.29, 0.717) is 5.92 Å². The molecule has 0 spiro atoms. The highest BCUT2D eigenvalue weighted by atomic mass is 32.2. The summed E-state index contributed by atoms with van der Waals surface area (Å²) in [6.07, 6.45) is 1.69. The van der Waals surface area contributed by atoms with Crippen molar-refractivity contribution in [1.29, 1.82) is 0 Å². The minimum Gasteiger partial charge on any atom is -0.444 e. The molecule has 0 unspecified atom stereocenters. The summed E-state index contributed by atoms with van der Waals surface area (Å²) in [7, 11) is 0. The van der Waals surface area contributed by atoms with E-state index in [-0.39, 0.29) is 11.5 Å². The normalized spacial score (nSPS) is 20.7. The average Bonchev–Trinajstić information content (AvgIpc) is 2.62. The number of carbonyl (C=O) groups is 1. The van der Waals surface area contributed by atoms with Crippen LogP contribution in [-0.4, -0.2) is 28.5 Å². The molecule has 3 rings (SSSR count). The van der Waals surface area contributed by atoms with Gasteiger partial charge in [0.15, 0.2) is 0 Å². The molecule has 138 valence electrons. The van der Waals surface area contributed by atoms with Gasteiger partial charge in [-0.15, -0.1) is 11.8 Å². The molecule has 3 nitrogen and oxygen atoms in total. The lowest BCUT2D eigenvalue weighted by molar-refractivity contribution is 0.0173. The van der Waals surface area contributed by atoms with E-state index in [1.807, 2.05) is 43.9 Å². The molecular formula is C22H27NO2S. The number of ether oxygens (including phenoxy) is 1. The Morgan fingerprint density at radius 2 is 1.65 bits per heavy atom. The van der Waals surface area contributed by atoms with E-state index in [4.69, 9.17) is 4.74 Å². The van der Waals surface area contributed by atoms with Crippen molar-refractivity contribution in [3.63, 3.8) is 0 Å². The zero-order valence-electron chi connectivity index (χ0n) is 15.7. The molecule has 0 bridgehead atoms.